The number of carbonyl (C=O) groups excluding carboxylic acids is 1. The average molecular weight is 981 g/mol. The van der Waals surface area contributed by atoms with E-state index < -0.39 is 63.1 Å². The first kappa shape index (κ1) is 63.8. The first-order chi connectivity index (χ1) is 33.0. The number of esters is 1. The number of aliphatic hydroxyl groups excluding tert-OH is 5. The van der Waals surface area contributed by atoms with E-state index in [-0.39, 0.29) is 13.0 Å². The Bertz CT molecular complexity index is 1400. The van der Waals surface area contributed by atoms with Gasteiger partial charge in [0.2, 0.25) is 0 Å². The van der Waals surface area contributed by atoms with Crippen molar-refractivity contribution in [1.82, 2.24) is 0 Å². The number of unbranched alkanes of at least 4 members (excludes halogenated alkanes) is 21. The molecule has 1 aliphatic carbocycles. The fraction of sp³-hybridized carbons (Fsp3) is 0.764. The predicted octanol–water partition coefficient (Wildman–Crippen LogP) is 12.3. The Labute approximate surface area is 412 Å². The smallest absolute Gasteiger partial charge is 0.457 e. The van der Waals surface area contributed by atoms with E-state index in [4.69, 9.17) is 18.5 Å². The summed E-state index contributed by atoms with van der Waals surface area (Å²) in [5.41, 5.74) is 0. The van der Waals surface area contributed by atoms with Gasteiger partial charge < -0.3 is 39.9 Å². The molecule has 1 aliphatic rings. The van der Waals surface area contributed by atoms with Gasteiger partial charge in [-0.1, -0.05) is 215 Å². The van der Waals surface area contributed by atoms with Gasteiger partial charge in [-0.15, -0.1) is 0 Å². The van der Waals surface area contributed by atoms with E-state index in [0.717, 1.165) is 64.2 Å². The number of allylic oxidation sites excluding steroid dienone is 12. The molecule has 13 heteroatoms. The number of hydrogen-bond acceptors (Lipinski definition) is 11. The second kappa shape index (κ2) is 44.7. The fourth-order valence-electron chi connectivity index (χ4n) is 7.90. The molecule has 394 valence electrons. The number of phosphoric acid groups is 1. The standard InChI is InChI=1S/C55H97O12P/c1-3-5-7-9-11-13-15-17-19-21-23-25-26-28-30-32-34-36-38-40-42-44-49(56)66-48(47-65-68(62,63)67-55-53(60)51(58)50(57)52(59)54(55)61)46-64-45-43-41-39-37-35-33-31-29-27-24-22-20-18-16-14-12-10-8-6-4-2/h6,8,12,14,18,20,24,27,31,33,37,39,48,50-55,57-61H,3-5,7,9-11,13,15-17,19,21-23,25-26,28-30,32,34-36,38,40-47H2,1-2H3,(H,62,63)/b8-6-,14-12-,20-18-,27-24-,33-31-,39-37-. The molecule has 0 amide bonds. The summed E-state index contributed by atoms with van der Waals surface area (Å²) in [4.78, 5) is 23.3. The van der Waals surface area contributed by atoms with E-state index in [1.54, 1.807) is 0 Å². The van der Waals surface area contributed by atoms with E-state index in [0.29, 0.717) is 19.4 Å². The minimum absolute atomic E-state index is 0.118. The zero-order chi connectivity index (χ0) is 49.8. The molecular formula is C55H97O12P. The molecule has 0 radical (unpaired) electrons. The van der Waals surface area contributed by atoms with Crippen LogP contribution in [0.2, 0.25) is 0 Å². The lowest BCUT2D eigenvalue weighted by Crippen LogP contribution is -2.64. The van der Waals surface area contributed by atoms with Crippen molar-refractivity contribution in [2.45, 2.75) is 249 Å². The minimum Gasteiger partial charge on any atom is -0.457 e. The highest BCUT2D eigenvalue weighted by atomic mass is 31.2. The summed E-state index contributed by atoms with van der Waals surface area (Å²) in [7, 11) is -5.04. The second-order valence-corrected chi connectivity index (χ2v) is 19.8. The highest BCUT2D eigenvalue weighted by molar-refractivity contribution is 7.47. The van der Waals surface area contributed by atoms with E-state index in [9.17, 15) is 39.8 Å². The quantitative estimate of drug-likeness (QED) is 0.0147. The van der Waals surface area contributed by atoms with Crippen LogP contribution in [-0.4, -0.2) is 98.9 Å². The molecule has 0 saturated heterocycles. The van der Waals surface area contributed by atoms with Crippen LogP contribution in [0.25, 0.3) is 0 Å². The lowest BCUT2D eigenvalue weighted by Gasteiger charge is -2.41. The van der Waals surface area contributed by atoms with Crippen LogP contribution in [0.4, 0.5) is 0 Å². The van der Waals surface area contributed by atoms with Gasteiger partial charge in [-0.25, -0.2) is 4.57 Å². The van der Waals surface area contributed by atoms with Crippen molar-refractivity contribution in [1.29, 1.82) is 0 Å². The topological polar surface area (TPSA) is 192 Å². The molecule has 6 N–H and O–H groups in total. The van der Waals surface area contributed by atoms with Crippen LogP contribution in [0.3, 0.4) is 0 Å². The lowest BCUT2D eigenvalue weighted by atomic mass is 9.85. The number of carbonyl (C=O) groups is 1. The molecule has 0 aromatic heterocycles. The molecule has 1 fully saturated rings. The maximum Gasteiger partial charge on any atom is 0.472 e. The molecule has 0 aromatic rings. The molecule has 0 spiro atoms. The average Bonchev–Trinajstić information content (AvgIpc) is 3.32. The van der Waals surface area contributed by atoms with E-state index in [1.807, 2.05) is 0 Å². The van der Waals surface area contributed by atoms with Crippen LogP contribution in [0, 0.1) is 0 Å². The van der Waals surface area contributed by atoms with Crippen LogP contribution in [0.5, 0.6) is 0 Å². The monoisotopic (exact) mass is 981 g/mol. The molecule has 1 saturated carbocycles. The second-order valence-electron chi connectivity index (χ2n) is 18.4. The van der Waals surface area contributed by atoms with Gasteiger partial charge in [0.25, 0.3) is 0 Å². The van der Waals surface area contributed by atoms with Crippen molar-refractivity contribution < 1.29 is 58.3 Å². The maximum absolute atomic E-state index is 12.9. The van der Waals surface area contributed by atoms with Gasteiger partial charge in [0.15, 0.2) is 0 Å². The third-order valence-corrected chi connectivity index (χ3v) is 13.1. The van der Waals surface area contributed by atoms with Crippen LogP contribution in [0.15, 0.2) is 72.9 Å². The van der Waals surface area contributed by atoms with Gasteiger partial charge in [-0.3, -0.25) is 13.8 Å². The SMILES string of the molecule is CC/C=C\C/C=C\C/C=C\C/C=C\C/C=C\C/C=C\CCCOCC(COP(=O)(O)OC1C(O)C(O)C(O)C(O)C1O)OC(=O)CCCCCCCCCCCCCCCCCCCCCCC. The molecular weight excluding hydrogens is 884 g/mol. The molecule has 0 bridgehead atoms. The van der Waals surface area contributed by atoms with Crippen molar-refractivity contribution in [2.75, 3.05) is 19.8 Å². The molecule has 0 aromatic carbocycles. The number of phosphoric ester groups is 1. The van der Waals surface area contributed by atoms with Crippen molar-refractivity contribution in [3.8, 4) is 0 Å². The van der Waals surface area contributed by atoms with Gasteiger partial charge in [-0.2, -0.15) is 0 Å². The van der Waals surface area contributed by atoms with Gasteiger partial charge in [0.05, 0.1) is 13.2 Å². The van der Waals surface area contributed by atoms with Crippen LogP contribution in [0.1, 0.15) is 206 Å². The largest absolute Gasteiger partial charge is 0.472 e. The summed E-state index contributed by atoms with van der Waals surface area (Å²) in [6.45, 7) is 4.03. The van der Waals surface area contributed by atoms with E-state index in [1.165, 1.54) is 109 Å². The zero-order valence-corrected chi connectivity index (χ0v) is 43.3. The molecule has 6 atom stereocenters. The first-order valence-corrected chi connectivity index (χ1v) is 28.3. The van der Waals surface area contributed by atoms with Crippen molar-refractivity contribution in [3.63, 3.8) is 0 Å². The summed E-state index contributed by atoms with van der Waals surface area (Å²) in [5.74, 6) is -0.495. The van der Waals surface area contributed by atoms with Crippen molar-refractivity contribution >= 4 is 13.8 Å². The Hall–Kier alpha value is -2.22. The predicted molar refractivity (Wildman–Crippen MR) is 276 cm³/mol. The summed E-state index contributed by atoms with van der Waals surface area (Å²) in [5, 5.41) is 50.3. The Morgan fingerprint density at radius 3 is 1.26 bits per heavy atom. The molecule has 1 rings (SSSR count). The zero-order valence-electron chi connectivity index (χ0n) is 42.4. The van der Waals surface area contributed by atoms with Gasteiger partial charge in [-0.05, 0) is 57.8 Å². The fourth-order valence-corrected chi connectivity index (χ4v) is 8.88. The number of aliphatic hydroxyl groups is 5. The normalized spacial score (nSPS) is 21.7. The number of ether oxygens (including phenoxy) is 2. The van der Waals surface area contributed by atoms with Crippen molar-refractivity contribution in [2.24, 2.45) is 0 Å². The van der Waals surface area contributed by atoms with Crippen LogP contribution in [-0.2, 0) is 27.9 Å². The maximum atomic E-state index is 12.9. The Morgan fingerprint density at radius 2 is 0.853 bits per heavy atom. The van der Waals surface area contributed by atoms with Gasteiger partial charge in [0.1, 0.15) is 42.7 Å². The number of hydrogen-bond donors (Lipinski definition) is 6. The summed E-state index contributed by atoms with van der Waals surface area (Å²) in [6, 6.07) is 0. The van der Waals surface area contributed by atoms with Gasteiger partial charge >= 0.3 is 13.8 Å². The summed E-state index contributed by atoms with van der Waals surface area (Å²) >= 11 is 0. The molecule has 0 heterocycles. The highest BCUT2D eigenvalue weighted by Gasteiger charge is 2.51. The van der Waals surface area contributed by atoms with Crippen LogP contribution < -0.4 is 0 Å². The molecule has 0 aliphatic heterocycles. The number of rotatable bonds is 45. The third-order valence-electron chi connectivity index (χ3n) is 12.1. The molecule has 6 unspecified atom stereocenters. The van der Waals surface area contributed by atoms with Crippen LogP contribution >= 0.6 is 7.82 Å². The third kappa shape index (κ3) is 35.8. The minimum atomic E-state index is -5.04. The Kier molecular flexibility index (Phi) is 41.9. The Morgan fingerprint density at radius 1 is 0.485 bits per heavy atom. The summed E-state index contributed by atoms with van der Waals surface area (Å²) < 4.78 is 34.2. The highest BCUT2D eigenvalue weighted by Crippen LogP contribution is 2.47. The molecule has 12 nitrogen and oxygen atoms in total. The van der Waals surface area contributed by atoms with E-state index >= 15 is 0 Å². The molecule has 68 heavy (non-hydrogen) atoms. The van der Waals surface area contributed by atoms with Crippen molar-refractivity contribution in [3.05, 3.63) is 72.9 Å². The summed E-state index contributed by atoms with van der Waals surface area (Å²) in [6.07, 6.45) is 47.0. The van der Waals surface area contributed by atoms with E-state index in [2.05, 4.69) is 86.8 Å². The van der Waals surface area contributed by atoms with Gasteiger partial charge in [0, 0.05) is 13.0 Å². The Balaban J connectivity index is 2.36. The first-order valence-electron chi connectivity index (χ1n) is 26.8. The lowest BCUT2D eigenvalue weighted by molar-refractivity contribution is -0.220.